The summed E-state index contributed by atoms with van der Waals surface area (Å²) >= 11 is 0. The molecule has 0 spiro atoms. The fraction of sp³-hybridized carbons (Fsp3) is 0. The second-order valence-electron chi connectivity index (χ2n) is 12.7. The summed E-state index contributed by atoms with van der Waals surface area (Å²) < 4.78 is 6.65. The quantitative estimate of drug-likeness (QED) is 0.174. The maximum absolute atomic E-state index is 9.44. The summed E-state index contributed by atoms with van der Waals surface area (Å²) in [7, 11) is 0. The van der Waals surface area contributed by atoms with Gasteiger partial charge in [0.1, 0.15) is 11.2 Å². The minimum atomic E-state index is 0.591. The maximum Gasteiger partial charge on any atom is 0.164 e. The van der Waals surface area contributed by atoms with Gasteiger partial charge >= 0.3 is 0 Å². The van der Waals surface area contributed by atoms with E-state index in [2.05, 4.69) is 54.6 Å². The van der Waals surface area contributed by atoms with Gasteiger partial charge in [0.05, 0.1) is 23.3 Å². The Balaban J connectivity index is 1.19. The SMILES string of the molecule is N#Cc1ccc(-c2cc(-c3ccc(C#N)cc3)c3oc4cccc(-c5ccc(-c6nc(-c7ccccc7)nc(-c7ccccc7)n6)cc5)c4c3c2)cc1. The second-order valence-corrected chi connectivity index (χ2v) is 12.7. The number of nitrogens with zero attached hydrogens (tertiary/aromatic N) is 5. The van der Waals surface area contributed by atoms with Crippen LogP contribution in [0.1, 0.15) is 11.1 Å². The molecular weight excluding hydrogens is 651 g/mol. The second kappa shape index (κ2) is 13.2. The van der Waals surface area contributed by atoms with Crippen LogP contribution in [0.4, 0.5) is 0 Å². The Kier molecular flexibility index (Phi) is 7.82. The van der Waals surface area contributed by atoms with Crippen LogP contribution in [0.2, 0.25) is 0 Å². The minimum absolute atomic E-state index is 0.591. The number of nitriles is 2. The van der Waals surface area contributed by atoms with Gasteiger partial charge < -0.3 is 4.42 Å². The van der Waals surface area contributed by atoms with Gasteiger partial charge in [0, 0.05) is 33.0 Å². The molecule has 0 bridgehead atoms. The van der Waals surface area contributed by atoms with E-state index in [0.717, 1.165) is 72.0 Å². The topological polar surface area (TPSA) is 99.4 Å². The van der Waals surface area contributed by atoms with Crippen molar-refractivity contribution in [3.8, 4) is 79.7 Å². The Morgan fingerprint density at radius 2 is 0.868 bits per heavy atom. The van der Waals surface area contributed by atoms with Crippen LogP contribution in [0.5, 0.6) is 0 Å². The van der Waals surface area contributed by atoms with Gasteiger partial charge in [-0.1, -0.05) is 121 Å². The van der Waals surface area contributed by atoms with Gasteiger partial charge in [-0.2, -0.15) is 10.5 Å². The lowest BCUT2D eigenvalue weighted by molar-refractivity contribution is 0.670. The molecule has 2 aromatic heterocycles. The molecule has 0 radical (unpaired) electrons. The Hall–Kier alpha value is -7.67. The number of hydrogen-bond donors (Lipinski definition) is 0. The first-order valence-electron chi connectivity index (χ1n) is 17.1. The molecule has 53 heavy (non-hydrogen) atoms. The predicted molar refractivity (Wildman–Crippen MR) is 209 cm³/mol. The Labute approximate surface area is 305 Å². The van der Waals surface area contributed by atoms with E-state index in [0.29, 0.717) is 28.6 Å². The summed E-state index contributed by atoms with van der Waals surface area (Å²) in [4.78, 5) is 14.7. The van der Waals surface area contributed by atoms with Crippen LogP contribution >= 0.6 is 0 Å². The predicted octanol–water partition coefficient (Wildman–Crippen LogP) is 11.5. The van der Waals surface area contributed by atoms with Gasteiger partial charge in [0.25, 0.3) is 0 Å². The first-order valence-corrected chi connectivity index (χ1v) is 17.1. The van der Waals surface area contributed by atoms with Crippen molar-refractivity contribution in [1.82, 2.24) is 15.0 Å². The van der Waals surface area contributed by atoms with E-state index in [1.165, 1.54) is 0 Å². The number of aromatic nitrogens is 3. The molecule has 0 unspecified atom stereocenters. The molecule has 0 aliphatic heterocycles. The maximum atomic E-state index is 9.44. The van der Waals surface area contributed by atoms with Crippen LogP contribution in [0, 0.1) is 22.7 Å². The van der Waals surface area contributed by atoms with E-state index < -0.39 is 0 Å². The summed E-state index contributed by atoms with van der Waals surface area (Å²) in [6, 6.07) is 58.2. The van der Waals surface area contributed by atoms with Crippen LogP contribution in [-0.2, 0) is 0 Å². The van der Waals surface area contributed by atoms with Crippen molar-refractivity contribution in [3.63, 3.8) is 0 Å². The highest BCUT2D eigenvalue weighted by atomic mass is 16.3. The highest BCUT2D eigenvalue weighted by Crippen LogP contribution is 2.43. The third kappa shape index (κ3) is 5.87. The minimum Gasteiger partial charge on any atom is -0.455 e. The van der Waals surface area contributed by atoms with Crippen molar-refractivity contribution in [2.75, 3.05) is 0 Å². The zero-order valence-electron chi connectivity index (χ0n) is 28.2. The van der Waals surface area contributed by atoms with E-state index in [1.807, 2.05) is 121 Å². The Morgan fingerprint density at radius 3 is 1.42 bits per heavy atom. The number of fused-ring (bicyclic) bond motifs is 3. The van der Waals surface area contributed by atoms with Gasteiger partial charge in [-0.3, -0.25) is 0 Å². The summed E-state index contributed by atoms with van der Waals surface area (Å²) in [5, 5.41) is 20.8. The molecule has 0 fully saturated rings. The molecule has 2 heterocycles. The first kappa shape index (κ1) is 31.3. The lowest BCUT2D eigenvalue weighted by Gasteiger charge is -2.10. The fourth-order valence-electron chi connectivity index (χ4n) is 6.75. The molecule has 9 rings (SSSR count). The van der Waals surface area contributed by atoms with Crippen molar-refractivity contribution >= 4 is 21.9 Å². The number of benzene rings is 7. The summed E-state index contributed by atoms with van der Waals surface area (Å²) in [5.74, 6) is 1.82. The average Bonchev–Trinajstić information content (AvgIpc) is 3.63. The van der Waals surface area contributed by atoms with Crippen LogP contribution < -0.4 is 0 Å². The third-order valence-corrected chi connectivity index (χ3v) is 9.42. The summed E-state index contributed by atoms with van der Waals surface area (Å²) in [6.07, 6.45) is 0. The van der Waals surface area contributed by atoms with Crippen molar-refractivity contribution in [2.24, 2.45) is 0 Å². The molecule has 0 N–H and O–H groups in total. The van der Waals surface area contributed by atoms with Crippen molar-refractivity contribution in [1.29, 1.82) is 10.5 Å². The van der Waals surface area contributed by atoms with E-state index in [-0.39, 0.29) is 0 Å². The van der Waals surface area contributed by atoms with E-state index in [9.17, 15) is 10.5 Å². The molecule has 0 saturated heterocycles. The van der Waals surface area contributed by atoms with Crippen molar-refractivity contribution in [3.05, 3.63) is 175 Å². The molecule has 0 aliphatic rings. The molecule has 0 aliphatic carbocycles. The lowest BCUT2D eigenvalue weighted by atomic mass is 9.93. The van der Waals surface area contributed by atoms with Gasteiger partial charge in [0.15, 0.2) is 17.5 Å². The zero-order valence-corrected chi connectivity index (χ0v) is 28.2. The van der Waals surface area contributed by atoms with E-state index in [1.54, 1.807) is 0 Å². The normalized spacial score (nSPS) is 11.0. The standard InChI is InChI=1S/C47H27N5O/c48-28-30-14-18-32(19-15-30)38-26-40(34-20-16-31(29-49)17-21-34)44-41(27-38)43-39(12-7-13-42(43)53-44)33-22-24-37(25-23-33)47-51-45(35-8-3-1-4-9-35)50-46(52-47)36-10-5-2-6-11-36/h1-27H. The molecule has 246 valence electrons. The highest BCUT2D eigenvalue weighted by Gasteiger charge is 2.19. The van der Waals surface area contributed by atoms with Crippen LogP contribution in [-0.4, -0.2) is 15.0 Å². The number of furan rings is 1. The van der Waals surface area contributed by atoms with Crippen LogP contribution in [0.15, 0.2) is 168 Å². The van der Waals surface area contributed by atoms with Crippen molar-refractivity contribution < 1.29 is 4.42 Å². The number of rotatable bonds is 6. The molecular formula is C47H27N5O. The molecule has 6 heteroatoms. The summed E-state index contributed by atoms with van der Waals surface area (Å²) in [6.45, 7) is 0. The number of hydrogen-bond acceptors (Lipinski definition) is 6. The zero-order chi connectivity index (χ0) is 35.7. The summed E-state index contributed by atoms with van der Waals surface area (Å²) in [5.41, 5.74) is 11.3. The van der Waals surface area contributed by atoms with Gasteiger partial charge in [0.2, 0.25) is 0 Å². The van der Waals surface area contributed by atoms with Crippen LogP contribution in [0.3, 0.4) is 0 Å². The van der Waals surface area contributed by atoms with Gasteiger partial charge in [-0.25, -0.2) is 15.0 Å². The first-order chi connectivity index (χ1) is 26.1. The largest absolute Gasteiger partial charge is 0.455 e. The Morgan fingerprint density at radius 1 is 0.396 bits per heavy atom. The van der Waals surface area contributed by atoms with Crippen LogP contribution in [0.25, 0.3) is 89.5 Å². The lowest BCUT2D eigenvalue weighted by Crippen LogP contribution is -2.00. The third-order valence-electron chi connectivity index (χ3n) is 9.42. The highest BCUT2D eigenvalue weighted by molar-refractivity contribution is 6.16. The molecule has 6 nitrogen and oxygen atoms in total. The van der Waals surface area contributed by atoms with Gasteiger partial charge in [-0.05, 0) is 70.3 Å². The van der Waals surface area contributed by atoms with E-state index >= 15 is 0 Å². The molecule has 0 saturated carbocycles. The van der Waals surface area contributed by atoms with Crippen molar-refractivity contribution in [2.45, 2.75) is 0 Å². The fourth-order valence-corrected chi connectivity index (χ4v) is 6.75. The van der Waals surface area contributed by atoms with E-state index in [4.69, 9.17) is 19.4 Å². The molecule has 7 aromatic carbocycles. The monoisotopic (exact) mass is 677 g/mol. The smallest absolute Gasteiger partial charge is 0.164 e. The molecule has 0 atom stereocenters. The molecule has 9 aromatic rings. The Bertz CT molecular complexity index is 2810. The molecule has 0 amide bonds. The van der Waals surface area contributed by atoms with Gasteiger partial charge in [-0.15, -0.1) is 0 Å². The average molecular weight is 678 g/mol.